The molecular weight excluding hydrogens is 198 g/mol. The number of hydrogen-bond acceptors (Lipinski definition) is 3. The van der Waals surface area contributed by atoms with Gasteiger partial charge >= 0.3 is 0 Å². The average molecular weight is 215 g/mol. The second kappa shape index (κ2) is 4.47. The van der Waals surface area contributed by atoms with E-state index in [9.17, 15) is 0 Å². The Labute approximate surface area is 96.1 Å². The van der Waals surface area contributed by atoms with Crippen LogP contribution < -0.4 is 4.90 Å². The van der Waals surface area contributed by atoms with Crippen LogP contribution in [0.5, 0.6) is 0 Å². The molecule has 0 unspecified atom stereocenters. The van der Waals surface area contributed by atoms with E-state index in [0.29, 0.717) is 5.92 Å². The molecule has 3 heteroatoms. The molecule has 0 fully saturated rings. The molecule has 0 aliphatic carbocycles. The fraction of sp³-hybridized carbons (Fsp3) is 0.385. The molecule has 0 atom stereocenters. The van der Waals surface area contributed by atoms with Gasteiger partial charge in [-0.05, 0) is 18.1 Å². The minimum Gasteiger partial charge on any atom is -0.359 e. The van der Waals surface area contributed by atoms with Gasteiger partial charge in [0.1, 0.15) is 12.1 Å². The third-order valence-corrected chi connectivity index (χ3v) is 2.52. The maximum Gasteiger partial charge on any atom is 0.139 e. The van der Waals surface area contributed by atoms with Crippen LogP contribution in [0.3, 0.4) is 0 Å². The van der Waals surface area contributed by atoms with E-state index in [4.69, 9.17) is 0 Å². The van der Waals surface area contributed by atoms with Crippen molar-refractivity contribution in [2.45, 2.75) is 13.8 Å². The highest BCUT2D eigenvalue weighted by atomic mass is 15.2. The summed E-state index contributed by atoms with van der Waals surface area (Å²) in [6.45, 7) is 5.42. The number of rotatable bonds is 3. The number of anilines is 1. The maximum absolute atomic E-state index is 4.37. The first-order valence-electron chi connectivity index (χ1n) is 5.59. The van der Waals surface area contributed by atoms with Crippen molar-refractivity contribution in [2.75, 3.05) is 18.5 Å². The summed E-state index contributed by atoms with van der Waals surface area (Å²) in [6, 6.07) is 8.12. The van der Waals surface area contributed by atoms with E-state index >= 15 is 0 Å². The van der Waals surface area contributed by atoms with Crippen LogP contribution in [0.4, 0.5) is 5.82 Å². The lowest BCUT2D eigenvalue weighted by Crippen LogP contribution is -2.23. The van der Waals surface area contributed by atoms with Crippen molar-refractivity contribution >= 4 is 16.7 Å². The highest BCUT2D eigenvalue weighted by Crippen LogP contribution is 2.21. The summed E-state index contributed by atoms with van der Waals surface area (Å²) in [5.41, 5.74) is 1.00. The lowest BCUT2D eigenvalue weighted by atomic mass is 10.2. The number of nitrogens with zero attached hydrogens (tertiary/aromatic N) is 3. The molecule has 1 aromatic heterocycles. The molecule has 0 saturated carbocycles. The summed E-state index contributed by atoms with van der Waals surface area (Å²) in [7, 11) is 2.08. The van der Waals surface area contributed by atoms with Crippen LogP contribution in [0, 0.1) is 5.92 Å². The van der Waals surface area contributed by atoms with Gasteiger partial charge in [-0.15, -0.1) is 0 Å². The Kier molecular flexibility index (Phi) is 3.04. The van der Waals surface area contributed by atoms with Crippen LogP contribution in [-0.4, -0.2) is 23.6 Å². The molecule has 2 aromatic rings. The van der Waals surface area contributed by atoms with Gasteiger partial charge in [0.2, 0.25) is 0 Å². The Balaban J connectivity index is 2.44. The number of hydrogen-bond donors (Lipinski definition) is 0. The van der Waals surface area contributed by atoms with Gasteiger partial charge in [-0.1, -0.05) is 26.0 Å². The summed E-state index contributed by atoms with van der Waals surface area (Å²) in [4.78, 5) is 10.8. The fourth-order valence-corrected chi connectivity index (χ4v) is 1.93. The molecule has 16 heavy (non-hydrogen) atoms. The van der Waals surface area contributed by atoms with Crippen molar-refractivity contribution in [3.8, 4) is 0 Å². The molecular formula is C13H17N3. The number of fused-ring (bicyclic) bond motifs is 1. The second-order valence-corrected chi connectivity index (χ2v) is 4.49. The summed E-state index contributed by atoms with van der Waals surface area (Å²) in [5.74, 6) is 1.64. The highest BCUT2D eigenvalue weighted by molar-refractivity contribution is 5.88. The minimum atomic E-state index is 0.624. The summed E-state index contributed by atoms with van der Waals surface area (Å²) in [6.07, 6.45) is 1.63. The third kappa shape index (κ3) is 2.13. The molecule has 0 N–H and O–H groups in total. The van der Waals surface area contributed by atoms with Crippen molar-refractivity contribution in [2.24, 2.45) is 5.92 Å². The molecule has 84 valence electrons. The molecule has 0 amide bonds. The smallest absolute Gasteiger partial charge is 0.139 e. The molecule has 0 spiro atoms. The van der Waals surface area contributed by atoms with Crippen molar-refractivity contribution in [3.63, 3.8) is 0 Å². The van der Waals surface area contributed by atoms with Crippen LogP contribution in [0.2, 0.25) is 0 Å². The van der Waals surface area contributed by atoms with Gasteiger partial charge in [0, 0.05) is 19.0 Å². The first-order chi connectivity index (χ1) is 7.68. The first-order valence-corrected chi connectivity index (χ1v) is 5.59. The largest absolute Gasteiger partial charge is 0.359 e. The average Bonchev–Trinajstić information content (AvgIpc) is 2.27. The van der Waals surface area contributed by atoms with E-state index in [1.165, 1.54) is 0 Å². The molecule has 3 nitrogen and oxygen atoms in total. The third-order valence-electron chi connectivity index (χ3n) is 2.52. The summed E-state index contributed by atoms with van der Waals surface area (Å²) >= 11 is 0. The number of para-hydroxylation sites is 1. The van der Waals surface area contributed by atoms with E-state index in [0.717, 1.165) is 23.3 Å². The zero-order valence-electron chi connectivity index (χ0n) is 10.0. The van der Waals surface area contributed by atoms with E-state index in [1.807, 2.05) is 18.2 Å². The van der Waals surface area contributed by atoms with Crippen LogP contribution in [0.25, 0.3) is 10.9 Å². The van der Waals surface area contributed by atoms with Crippen molar-refractivity contribution in [3.05, 3.63) is 30.6 Å². The van der Waals surface area contributed by atoms with Gasteiger partial charge in [-0.2, -0.15) is 0 Å². The first kappa shape index (κ1) is 10.9. The van der Waals surface area contributed by atoms with Gasteiger partial charge in [0.05, 0.1) is 5.52 Å². The lowest BCUT2D eigenvalue weighted by Gasteiger charge is -2.21. The molecule has 1 heterocycles. The summed E-state index contributed by atoms with van der Waals surface area (Å²) in [5, 5.41) is 1.12. The molecule has 0 aliphatic rings. The van der Waals surface area contributed by atoms with E-state index in [2.05, 4.69) is 41.8 Å². The van der Waals surface area contributed by atoms with E-state index in [-0.39, 0.29) is 0 Å². The highest BCUT2D eigenvalue weighted by Gasteiger charge is 2.08. The lowest BCUT2D eigenvalue weighted by molar-refractivity contribution is 0.635. The predicted molar refractivity (Wildman–Crippen MR) is 67.6 cm³/mol. The Morgan fingerprint density at radius 2 is 1.94 bits per heavy atom. The molecule has 2 rings (SSSR count). The van der Waals surface area contributed by atoms with Crippen molar-refractivity contribution in [1.29, 1.82) is 0 Å². The maximum atomic E-state index is 4.37. The molecule has 1 aromatic carbocycles. The van der Waals surface area contributed by atoms with E-state index in [1.54, 1.807) is 6.33 Å². The predicted octanol–water partition coefficient (Wildman–Crippen LogP) is 2.72. The van der Waals surface area contributed by atoms with Gasteiger partial charge in [0.15, 0.2) is 0 Å². The van der Waals surface area contributed by atoms with Crippen LogP contribution in [0.1, 0.15) is 13.8 Å². The minimum absolute atomic E-state index is 0.624. The summed E-state index contributed by atoms with van der Waals surface area (Å²) < 4.78 is 0. The zero-order valence-corrected chi connectivity index (χ0v) is 10.0. The normalized spacial score (nSPS) is 11.0. The fourth-order valence-electron chi connectivity index (χ4n) is 1.93. The SMILES string of the molecule is CC(C)CN(C)c1ncnc2ccccc12. The van der Waals surface area contributed by atoms with Crippen LogP contribution >= 0.6 is 0 Å². The van der Waals surface area contributed by atoms with Gasteiger partial charge < -0.3 is 4.90 Å². The Bertz CT molecular complexity index is 474. The van der Waals surface area contributed by atoms with Gasteiger partial charge in [-0.3, -0.25) is 0 Å². The van der Waals surface area contributed by atoms with Crippen molar-refractivity contribution in [1.82, 2.24) is 9.97 Å². The van der Waals surface area contributed by atoms with Gasteiger partial charge in [0.25, 0.3) is 0 Å². The Hall–Kier alpha value is -1.64. The standard InChI is InChI=1S/C13H17N3/c1-10(2)8-16(3)13-11-6-4-5-7-12(11)14-9-15-13/h4-7,9-10H,8H2,1-3H3. The quantitative estimate of drug-likeness (QED) is 0.788. The zero-order chi connectivity index (χ0) is 11.5. The molecule has 0 aliphatic heterocycles. The number of aromatic nitrogens is 2. The molecule has 0 saturated heterocycles. The van der Waals surface area contributed by atoms with E-state index < -0.39 is 0 Å². The van der Waals surface area contributed by atoms with Crippen molar-refractivity contribution < 1.29 is 0 Å². The second-order valence-electron chi connectivity index (χ2n) is 4.49. The Morgan fingerprint density at radius 3 is 2.69 bits per heavy atom. The van der Waals surface area contributed by atoms with Crippen LogP contribution in [-0.2, 0) is 0 Å². The number of benzene rings is 1. The molecule has 0 radical (unpaired) electrons. The van der Waals surface area contributed by atoms with Gasteiger partial charge in [-0.25, -0.2) is 9.97 Å². The molecule has 0 bridgehead atoms. The monoisotopic (exact) mass is 215 g/mol. The van der Waals surface area contributed by atoms with Crippen LogP contribution in [0.15, 0.2) is 30.6 Å². The Morgan fingerprint density at radius 1 is 1.19 bits per heavy atom. The topological polar surface area (TPSA) is 29.0 Å².